The van der Waals surface area contributed by atoms with Crippen LogP contribution >= 0.6 is 28.3 Å². The fourth-order valence-electron chi connectivity index (χ4n) is 0.718. The van der Waals surface area contributed by atoms with Crippen LogP contribution in [0.5, 0.6) is 5.75 Å². The largest absolute Gasteiger partial charge is 0.508 e. The van der Waals surface area contributed by atoms with Crippen LogP contribution in [-0.2, 0) is 6.54 Å². The molecular weight excluding hydrogens is 229 g/mol. The quantitative estimate of drug-likeness (QED) is 0.786. The summed E-state index contributed by atoms with van der Waals surface area (Å²) in [5, 5.41) is 9.13. The fraction of sp³-hybridized carbons (Fsp3) is 0.143. The third-order valence-electron chi connectivity index (χ3n) is 1.26. The predicted octanol–water partition coefficient (Wildman–Crippen LogP) is 2.04. The van der Waals surface area contributed by atoms with E-state index in [0.29, 0.717) is 6.54 Å². The van der Waals surface area contributed by atoms with Crippen LogP contribution in [0.2, 0.25) is 0 Å². The van der Waals surface area contributed by atoms with Gasteiger partial charge in [-0.25, -0.2) is 0 Å². The Morgan fingerprint density at radius 2 is 2.09 bits per heavy atom. The first-order valence-electron chi connectivity index (χ1n) is 2.91. The standard InChI is InChI=1S/C7H8BrNO.ClH/c8-6-1-2-7(10)5(3-6)4-9;/h1-3,10H,4,9H2;1H. The topological polar surface area (TPSA) is 46.2 Å². The Bertz CT molecular complexity index is 242. The summed E-state index contributed by atoms with van der Waals surface area (Å²) in [6.07, 6.45) is 0. The summed E-state index contributed by atoms with van der Waals surface area (Å²) in [4.78, 5) is 0. The molecule has 0 bridgehead atoms. The Morgan fingerprint density at radius 3 is 2.55 bits per heavy atom. The van der Waals surface area contributed by atoms with Crippen LogP contribution < -0.4 is 5.73 Å². The van der Waals surface area contributed by atoms with Gasteiger partial charge in [-0.3, -0.25) is 0 Å². The number of aromatic hydroxyl groups is 1. The molecule has 0 aliphatic heterocycles. The second-order valence-corrected chi connectivity index (χ2v) is 2.89. The highest BCUT2D eigenvalue weighted by atomic mass is 79.9. The minimum atomic E-state index is 0. The highest BCUT2D eigenvalue weighted by Crippen LogP contribution is 2.20. The van der Waals surface area contributed by atoms with Gasteiger partial charge in [0.2, 0.25) is 0 Å². The Kier molecular flexibility index (Phi) is 4.49. The summed E-state index contributed by atoms with van der Waals surface area (Å²) < 4.78 is 0.936. The molecule has 0 unspecified atom stereocenters. The zero-order valence-corrected chi connectivity index (χ0v) is 8.15. The molecule has 0 amide bonds. The Morgan fingerprint density at radius 1 is 1.45 bits per heavy atom. The summed E-state index contributed by atoms with van der Waals surface area (Å²) in [5.41, 5.74) is 6.10. The third-order valence-corrected chi connectivity index (χ3v) is 1.75. The van der Waals surface area contributed by atoms with Crippen LogP contribution in [-0.4, -0.2) is 5.11 Å². The van der Waals surface area contributed by atoms with E-state index in [9.17, 15) is 0 Å². The monoisotopic (exact) mass is 237 g/mol. The number of phenols is 1. The molecule has 0 radical (unpaired) electrons. The number of benzene rings is 1. The average Bonchev–Trinajstić information content (AvgIpc) is 1.94. The van der Waals surface area contributed by atoms with E-state index in [1.807, 2.05) is 0 Å². The maximum atomic E-state index is 9.13. The van der Waals surface area contributed by atoms with Crippen molar-refractivity contribution in [3.8, 4) is 5.75 Å². The molecule has 11 heavy (non-hydrogen) atoms. The normalized spacial score (nSPS) is 8.91. The molecule has 3 N–H and O–H groups in total. The maximum absolute atomic E-state index is 9.13. The van der Waals surface area contributed by atoms with Crippen LogP contribution in [0, 0.1) is 0 Å². The molecular formula is C7H9BrClNO. The first-order chi connectivity index (χ1) is 4.74. The molecule has 1 rings (SSSR count). The van der Waals surface area contributed by atoms with Gasteiger partial charge in [0, 0.05) is 16.6 Å². The van der Waals surface area contributed by atoms with Crippen LogP contribution in [0.1, 0.15) is 5.56 Å². The molecule has 0 aliphatic carbocycles. The van der Waals surface area contributed by atoms with Gasteiger partial charge in [-0.1, -0.05) is 15.9 Å². The van der Waals surface area contributed by atoms with Crippen molar-refractivity contribution in [3.63, 3.8) is 0 Å². The molecule has 0 spiro atoms. The van der Waals surface area contributed by atoms with Crippen molar-refractivity contribution in [3.05, 3.63) is 28.2 Å². The number of phenolic OH excluding ortho intramolecular Hbond substituents is 1. The van der Waals surface area contributed by atoms with Gasteiger partial charge in [-0.15, -0.1) is 12.4 Å². The third kappa shape index (κ3) is 2.69. The van der Waals surface area contributed by atoms with E-state index in [2.05, 4.69) is 15.9 Å². The van der Waals surface area contributed by atoms with E-state index in [-0.39, 0.29) is 18.2 Å². The molecule has 0 saturated heterocycles. The van der Waals surface area contributed by atoms with Crippen LogP contribution in [0.25, 0.3) is 0 Å². The summed E-state index contributed by atoms with van der Waals surface area (Å²) in [6, 6.07) is 5.19. The number of halogens is 2. The minimum Gasteiger partial charge on any atom is -0.508 e. The summed E-state index contributed by atoms with van der Waals surface area (Å²) in [6.45, 7) is 0.366. The van der Waals surface area contributed by atoms with E-state index in [0.717, 1.165) is 10.0 Å². The Labute approximate surface area is 80.0 Å². The first kappa shape index (κ1) is 10.8. The van der Waals surface area contributed by atoms with Crippen molar-refractivity contribution in [2.24, 2.45) is 5.73 Å². The van der Waals surface area contributed by atoms with Gasteiger partial charge in [-0.2, -0.15) is 0 Å². The second-order valence-electron chi connectivity index (χ2n) is 1.98. The average molecular weight is 239 g/mol. The predicted molar refractivity (Wildman–Crippen MR) is 50.9 cm³/mol. The summed E-state index contributed by atoms with van der Waals surface area (Å²) in [7, 11) is 0. The number of hydrogen-bond acceptors (Lipinski definition) is 2. The Balaban J connectivity index is 0.000001000. The van der Waals surface area contributed by atoms with Gasteiger partial charge in [0.1, 0.15) is 5.75 Å². The van der Waals surface area contributed by atoms with E-state index in [4.69, 9.17) is 10.8 Å². The highest BCUT2D eigenvalue weighted by molar-refractivity contribution is 9.10. The van der Waals surface area contributed by atoms with Crippen molar-refractivity contribution in [2.45, 2.75) is 6.54 Å². The minimum absolute atomic E-state index is 0. The van der Waals surface area contributed by atoms with Crippen LogP contribution in [0.3, 0.4) is 0 Å². The zero-order valence-electron chi connectivity index (χ0n) is 5.75. The smallest absolute Gasteiger partial charge is 0.120 e. The van der Waals surface area contributed by atoms with Gasteiger partial charge in [-0.05, 0) is 18.2 Å². The van der Waals surface area contributed by atoms with Gasteiger partial charge in [0.05, 0.1) is 0 Å². The maximum Gasteiger partial charge on any atom is 0.120 e. The molecule has 0 aromatic heterocycles. The van der Waals surface area contributed by atoms with Crippen LogP contribution in [0.4, 0.5) is 0 Å². The van der Waals surface area contributed by atoms with Crippen molar-refractivity contribution in [2.75, 3.05) is 0 Å². The lowest BCUT2D eigenvalue weighted by Gasteiger charge is -1.99. The van der Waals surface area contributed by atoms with Gasteiger partial charge in [0.25, 0.3) is 0 Å². The molecule has 0 saturated carbocycles. The van der Waals surface area contributed by atoms with Crippen molar-refractivity contribution in [1.82, 2.24) is 0 Å². The number of rotatable bonds is 1. The summed E-state index contributed by atoms with van der Waals surface area (Å²) >= 11 is 3.27. The molecule has 0 atom stereocenters. The zero-order chi connectivity index (χ0) is 7.56. The lowest BCUT2D eigenvalue weighted by molar-refractivity contribution is 0.468. The molecule has 62 valence electrons. The molecule has 1 aromatic rings. The van der Waals surface area contributed by atoms with Gasteiger partial charge in [0.15, 0.2) is 0 Å². The number of hydrogen-bond donors (Lipinski definition) is 2. The van der Waals surface area contributed by atoms with E-state index >= 15 is 0 Å². The fourth-order valence-corrected chi connectivity index (χ4v) is 1.13. The van der Waals surface area contributed by atoms with Crippen molar-refractivity contribution >= 4 is 28.3 Å². The van der Waals surface area contributed by atoms with E-state index in [1.165, 1.54) is 0 Å². The van der Waals surface area contributed by atoms with Gasteiger partial charge < -0.3 is 10.8 Å². The number of nitrogens with two attached hydrogens (primary N) is 1. The van der Waals surface area contributed by atoms with Crippen molar-refractivity contribution < 1.29 is 5.11 Å². The van der Waals surface area contributed by atoms with E-state index in [1.54, 1.807) is 18.2 Å². The lowest BCUT2D eigenvalue weighted by atomic mass is 10.2. The molecule has 1 aromatic carbocycles. The molecule has 0 fully saturated rings. The molecule has 0 aliphatic rings. The Hall–Kier alpha value is -0.250. The highest BCUT2D eigenvalue weighted by Gasteiger charge is 1.97. The van der Waals surface area contributed by atoms with E-state index < -0.39 is 0 Å². The van der Waals surface area contributed by atoms with Crippen LogP contribution in [0.15, 0.2) is 22.7 Å². The first-order valence-corrected chi connectivity index (χ1v) is 3.71. The summed E-state index contributed by atoms with van der Waals surface area (Å²) in [5.74, 6) is 0.255. The van der Waals surface area contributed by atoms with Crippen molar-refractivity contribution in [1.29, 1.82) is 0 Å². The molecule has 2 nitrogen and oxygen atoms in total. The SMILES string of the molecule is Cl.NCc1cc(Br)ccc1O. The van der Waals surface area contributed by atoms with Gasteiger partial charge >= 0.3 is 0 Å². The molecule has 4 heteroatoms. The molecule has 0 heterocycles. The lowest BCUT2D eigenvalue weighted by Crippen LogP contribution is -1.95. The second kappa shape index (κ2) is 4.59.